The van der Waals surface area contributed by atoms with Gasteiger partial charge in [0.25, 0.3) is 7.82 Å². The number of hydrogen-bond donors (Lipinski definition) is 0. The van der Waals surface area contributed by atoms with Gasteiger partial charge in [0.15, 0.2) is 0 Å². The first-order valence-corrected chi connectivity index (χ1v) is 4.18. The largest absolute Gasteiger partial charge is 0.756 e. The van der Waals surface area contributed by atoms with Crippen LogP contribution in [0.4, 0.5) is 0 Å². The van der Waals surface area contributed by atoms with Gasteiger partial charge in [0.1, 0.15) is 0 Å². The fourth-order valence-corrected chi connectivity index (χ4v) is 1.06. The van der Waals surface area contributed by atoms with Crippen molar-refractivity contribution in [3.05, 3.63) is 0 Å². The van der Waals surface area contributed by atoms with Crippen molar-refractivity contribution in [2.75, 3.05) is 13.2 Å². The van der Waals surface area contributed by atoms with Gasteiger partial charge in [-0.3, -0.25) is 4.57 Å². The van der Waals surface area contributed by atoms with Crippen LogP contribution in [-0.4, -0.2) is 13.2 Å². The van der Waals surface area contributed by atoms with Gasteiger partial charge in [0.2, 0.25) is 0 Å². The van der Waals surface area contributed by atoms with Gasteiger partial charge in [-0.25, -0.2) is 0 Å². The molecule has 0 aliphatic rings. The van der Waals surface area contributed by atoms with Crippen LogP contribution in [0.25, 0.3) is 0 Å². The van der Waals surface area contributed by atoms with E-state index in [0.29, 0.717) is 0 Å². The molecule has 0 aromatic carbocycles. The summed E-state index contributed by atoms with van der Waals surface area (Å²) in [6.07, 6.45) is 0. The van der Waals surface area contributed by atoms with Crippen molar-refractivity contribution in [1.29, 1.82) is 0 Å². The Hall–Kier alpha value is 0.400. The van der Waals surface area contributed by atoms with Crippen LogP contribution >= 0.6 is 7.82 Å². The lowest BCUT2D eigenvalue weighted by atomic mass is 10.9. The summed E-state index contributed by atoms with van der Waals surface area (Å²) in [7, 11) is -3.94. The number of rotatable bonds is 4. The van der Waals surface area contributed by atoms with Crippen molar-refractivity contribution in [2.45, 2.75) is 13.8 Å². The Bertz CT molecular complexity index is 108. The molecule has 0 saturated carbocycles. The number of phosphoric ester groups is 1. The Morgan fingerprint density at radius 3 is 1.80 bits per heavy atom. The molecule has 0 rings (SSSR count). The highest BCUT2D eigenvalue weighted by Crippen LogP contribution is 2.37. The Balaban J connectivity index is 0. The van der Waals surface area contributed by atoms with E-state index in [1.54, 1.807) is 13.8 Å². The van der Waals surface area contributed by atoms with Gasteiger partial charge in [-0.1, -0.05) is 0 Å². The van der Waals surface area contributed by atoms with Gasteiger partial charge in [-0.15, -0.1) is 0 Å². The predicted molar refractivity (Wildman–Crippen MR) is 33.6 cm³/mol. The molecule has 0 spiro atoms. The van der Waals surface area contributed by atoms with E-state index < -0.39 is 7.82 Å². The maximum absolute atomic E-state index is 10.4. The molecule has 0 aliphatic heterocycles. The highest BCUT2D eigenvalue weighted by atomic mass is 35.5. The molecule has 0 N–H and O–H groups in total. The van der Waals surface area contributed by atoms with Crippen molar-refractivity contribution >= 4 is 7.82 Å². The lowest BCUT2D eigenvalue weighted by Gasteiger charge is -2.20. The number of phosphoric acid groups is 1. The summed E-state index contributed by atoms with van der Waals surface area (Å²) in [6, 6.07) is 0. The van der Waals surface area contributed by atoms with Crippen LogP contribution in [0.1, 0.15) is 13.8 Å². The quantitative estimate of drug-likeness (QED) is 0.586. The molecular formula is C4H12ClO4P. The Morgan fingerprint density at radius 1 is 1.30 bits per heavy atom. The normalized spacial score (nSPS) is 10.7. The van der Waals surface area contributed by atoms with Crippen LogP contribution in [0.2, 0.25) is 0 Å². The molecule has 0 heterocycles. The maximum atomic E-state index is 10.4. The molecule has 4 nitrogen and oxygen atoms in total. The lowest BCUT2D eigenvalue weighted by Crippen LogP contribution is -2.07. The molecule has 0 unspecified atom stereocenters. The second-order valence-electron chi connectivity index (χ2n) is 1.28. The van der Waals surface area contributed by atoms with E-state index in [1.807, 2.05) is 0 Å². The van der Waals surface area contributed by atoms with E-state index in [2.05, 4.69) is 9.05 Å². The van der Waals surface area contributed by atoms with E-state index in [0.717, 1.165) is 0 Å². The smallest absolute Gasteiger partial charge is 0.267 e. The molecule has 0 atom stereocenters. The average Bonchev–Trinajstić information content (AvgIpc) is 1.64. The number of hydrogen-bond acceptors (Lipinski definition) is 4. The first kappa shape index (κ1) is 13.0. The van der Waals surface area contributed by atoms with Gasteiger partial charge < -0.3 is 13.9 Å². The third kappa shape index (κ3) is 6.52. The van der Waals surface area contributed by atoms with Crippen LogP contribution in [0.3, 0.4) is 0 Å². The highest BCUT2D eigenvalue weighted by molar-refractivity contribution is 7.45. The molecule has 0 saturated heterocycles. The van der Waals surface area contributed by atoms with Crippen LogP contribution in [0.5, 0.6) is 0 Å². The first-order valence-electron chi connectivity index (χ1n) is 2.72. The Morgan fingerprint density at radius 2 is 1.60 bits per heavy atom. The van der Waals surface area contributed by atoms with Crippen molar-refractivity contribution in [2.24, 2.45) is 0 Å². The summed E-state index contributed by atoms with van der Waals surface area (Å²) in [5, 5.41) is 0. The van der Waals surface area contributed by atoms with Crippen molar-refractivity contribution < 1.29 is 30.9 Å². The molecule has 6 heteroatoms. The summed E-state index contributed by atoms with van der Waals surface area (Å²) < 4.78 is 18.9. The second-order valence-corrected chi connectivity index (χ2v) is 2.69. The predicted octanol–water partition coefficient (Wildman–Crippen LogP) is -0.00760. The molecule has 0 aromatic rings. The third-order valence-corrected chi connectivity index (χ3v) is 1.72. The van der Waals surface area contributed by atoms with Gasteiger partial charge in [0.05, 0.1) is 25.6 Å². The van der Waals surface area contributed by atoms with E-state index in [9.17, 15) is 9.46 Å². The van der Waals surface area contributed by atoms with Gasteiger partial charge in [0, 0.05) is 0 Å². The Labute approximate surface area is 66.6 Å². The zero-order chi connectivity index (χ0) is 7.33. The summed E-state index contributed by atoms with van der Waals surface area (Å²) in [4.78, 5) is 10.4. The van der Waals surface area contributed by atoms with Gasteiger partial charge in [-0.05, 0) is 13.8 Å². The summed E-state index contributed by atoms with van der Waals surface area (Å²) in [5.74, 6) is 0. The van der Waals surface area contributed by atoms with E-state index in [1.165, 1.54) is 0 Å². The van der Waals surface area contributed by atoms with Gasteiger partial charge in [-0.2, -0.15) is 0 Å². The minimum Gasteiger partial charge on any atom is -0.756 e. The number of halogens is 1. The fraction of sp³-hybridized carbons (Fsp3) is 1.00. The van der Waals surface area contributed by atoms with E-state index >= 15 is 0 Å². The third-order valence-electron chi connectivity index (χ3n) is 0.574. The molecule has 0 fully saturated rings. The summed E-state index contributed by atoms with van der Waals surface area (Å²) in [5.41, 5.74) is 0. The standard InChI is InChI=1S/C4H11O4P.ClH2/c1-3-7-9(5,6)8-4-2;/h3-4H2,1-2H3,(H,5,6);1H2/q;+1/p-1. The molecule has 0 aromatic heterocycles. The molecule has 0 radical (unpaired) electrons. The minimum atomic E-state index is -3.94. The van der Waals surface area contributed by atoms with Crippen LogP contribution in [0.15, 0.2) is 0 Å². The second kappa shape index (κ2) is 6.13. The minimum absolute atomic E-state index is 0. The Kier molecular flexibility index (Phi) is 7.99. The molecule has 0 aliphatic carbocycles. The lowest BCUT2D eigenvalue weighted by molar-refractivity contribution is -0.224. The zero-order valence-electron chi connectivity index (χ0n) is 5.94. The molecule has 10 heavy (non-hydrogen) atoms. The van der Waals surface area contributed by atoms with Crippen LogP contribution in [0, 0.1) is 12.4 Å². The van der Waals surface area contributed by atoms with Crippen LogP contribution in [-0.2, 0) is 13.6 Å². The van der Waals surface area contributed by atoms with Crippen molar-refractivity contribution in [3.8, 4) is 0 Å². The summed E-state index contributed by atoms with van der Waals surface area (Å²) >= 11 is 0. The van der Waals surface area contributed by atoms with Crippen molar-refractivity contribution in [3.63, 3.8) is 0 Å². The van der Waals surface area contributed by atoms with E-state index in [-0.39, 0.29) is 25.6 Å². The van der Waals surface area contributed by atoms with Crippen LogP contribution < -0.4 is 4.89 Å². The van der Waals surface area contributed by atoms with E-state index in [4.69, 9.17) is 0 Å². The molecule has 64 valence electrons. The zero-order valence-corrected chi connectivity index (χ0v) is 7.73. The highest BCUT2D eigenvalue weighted by Gasteiger charge is 2.04. The van der Waals surface area contributed by atoms with Crippen molar-refractivity contribution in [1.82, 2.24) is 0 Å². The molecule has 0 amide bonds. The average molecular weight is 191 g/mol. The summed E-state index contributed by atoms with van der Waals surface area (Å²) in [6.45, 7) is 3.43. The monoisotopic (exact) mass is 190 g/mol. The SMILES string of the molecule is CCOP(=O)([O-])OCC.[ClH2+]. The fourth-order valence-electron chi connectivity index (χ4n) is 0.353. The van der Waals surface area contributed by atoms with Gasteiger partial charge >= 0.3 is 0 Å². The molecule has 0 bridgehead atoms. The topological polar surface area (TPSA) is 58.6 Å². The maximum Gasteiger partial charge on any atom is 0.267 e. The molecular weight excluding hydrogens is 178 g/mol. The first-order chi connectivity index (χ1) is 4.12.